The number of carbonyl (C=O) groups is 1. The van der Waals surface area contributed by atoms with Gasteiger partial charge in [0.2, 0.25) is 0 Å². The van der Waals surface area contributed by atoms with Crippen LogP contribution in [0.3, 0.4) is 0 Å². The van der Waals surface area contributed by atoms with Gasteiger partial charge in [-0.05, 0) is 47.9 Å². The normalized spacial score (nSPS) is 10.8. The fourth-order valence-electron chi connectivity index (χ4n) is 2.63. The summed E-state index contributed by atoms with van der Waals surface area (Å²) in [7, 11) is 0. The number of hydrogen-bond donors (Lipinski definition) is 1. The van der Waals surface area contributed by atoms with Crippen LogP contribution in [0.1, 0.15) is 16.7 Å². The molecule has 3 rings (SSSR count). The first-order chi connectivity index (χ1) is 14.7. The summed E-state index contributed by atoms with van der Waals surface area (Å²) in [6, 6.07) is 27.4. The predicted molar refractivity (Wildman–Crippen MR) is 123 cm³/mol. The fourth-order valence-corrected chi connectivity index (χ4v) is 2.63. The van der Waals surface area contributed by atoms with Crippen molar-refractivity contribution >= 4 is 23.8 Å². The second-order valence-electron chi connectivity index (χ2n) is 6.66. The van der Waals surface area contributed by atoms with Crippen LogP contribution in [0, 0.1) is 6.92 Å². The van der Waals surface area contributed by atoms with Crippen LogP contribution in [0.2, 0.25) is 0 Å². The lowest BCUT2D eigenvalue weighted by molar-refractivity contribution is -0.123. The lowest BCUT2D eigenvalue weighted by Gasteiger charge is -2.06. The van der Waals surface area contributed by atoms with Crippen LogP contribution < -0.4 is 10.2 Å². The second-order valence-corrected chi connectivity index (χ2v) is 6.66. The molecule has 0 fully saturated rings. The SMILES string of the molecule is Cc1cccc(OCC(=O)NN=C(/C=C/c2ccccc2)/C=C/c2ccccc2)c1. The maximum atomic E-state index is 12.2. The number of amides is 1. The van der Waals surface area contributed by atoms with Gasteiger partial charge in [0.05, 0.1) is 5.71 Å². The van der Waals surface area contributed by atoms with Gasteiger partial charge in [-0.15, -0.1) is 0 Å². The molecule has 3 aromatic rings. The lowest BCUT2D eigenvalue weighted by atomic mass is 10.1. The van der Waals surface area contributed by atoms with E-state index in [1.165, 1.54) is 0 Å². The molecule has 0 aliphatic heterocycles. The van der Waals surface area contributed by atoms with Crippen LogP contribution in [0.25, 0.3) is 12.2 Å². The first-order valence-electron chi connectivity index (χ1n) is 9.71. The molecule has 4 heteroatoms. The number of hydrogen-bond acceptors (Lipinski definition) is 3. The van der Waals surface area contributed by atoms with Gasteiger partial charge in [0.25, 0.3) is 5.91 Å². The third-order valence-electron chi connectivity index (χ3n) is 4.16. The van der Waals surface area contributed by atoms with Gasteiger partial charge in [-0.25, -0.2) is 5.43 Å². The maximum Gasteiger partial charge on any atom is 0.277 e. The average molecular weight is 396 g/mol. The summed E-state index contributed by atoms with van der Waals surface area (Å²) < 4.78 is 5.52. The van der Waals surface area contributed by atoms with Crippen LogP contribution in [-0.4, -0.2) is 18.2 Å². The number of aryl methyl sites for hydroxylation is 1. The molecule has 0 radical (unpaired) electrons. The van der Waals surface area contributed by atoms with Gasteiger partial charge in [-0.3, -0.25) is 4.79 Å². The van der Waals surface area contributed by atoms with Crippen molar-refractivity contribution in [3.8, 4) is 5.75 Å². The highest BCUT2D eigenvalue weighted by atomic mass is 16.5. The number of rotatable bonds is 8. The Labute approximate surface area is 177 Å². The quantitative estimate of drug-likeness (QED) is 0.416. The number of hydrazone groups is 1. The first-order valence-corrected chi connectivity index (χ1v) is 9.71. The minimum atomic E-state index is -0.324. The topological polar surface area (TPSA) is 50.7 Å². The molecular formula is C26H24N2O2. The Bertz CT molecular complexity index is 987. The largest absolute Gasteiger partial charge is 0.484 e. The smallest absolute Gasteiger partial charge is 0.277 e. The van der Waals surface area contributed by atoms with Crippen LogP contribution in [-0.2, 0) is 4.79 Å². The molecule has 1 amide bonds. The van der Waals surface area contributed by atoms with E-state index < -0.39 is 0 Å². The van der Waals surface area contributed by atoms with Crippen LogP contribution in [0.15, 0.2) is 102 Å². The molecule has 0 aliphatic rings. The molecule has 4 nitrogen and oxygen atoms in total. The molecule has 0 atom stereocenters. The molecule has 150 valence electrons. The van der Waals surface area contributed by atoms with Crippen LogP contribution in [0.5, 0.6) is 5.75 Å². The van der Waals surface area contributed by atoms with Gasteiger partial charge in [0.1, 0.15) is 5.75 Å². The average Bonchev–Trinajstić information content (AvgIpc) is 2.78. The van der Waals surface area contributed by atoms with Crippen LogP contribution >= 0.6 is 0 Å². The predicted octanol–water partition coefficient (Wildman–Crippen LogP) is 5.27. The molecule has 0 saturated carbocycles. The molecule has 0 aliphatic carbocycles. The zero-order valence-corrected chi connectivity index (χ0v) is 16.9. The lowest BCUT2D eigenvalue weighted by Crippen LogP contribution is -2.25. The number of nitrogens with zero attached hydrogens (tertiary/aromatic N) is 1. The molecule has 0 spiro atoms. The van der Waals surface area contributed by atoms with E-state index in [0.29, 0.717) is 11.5 Å². The van der Waals surface area contributed by atoms with Crippen LogP contribution in [0.4, 0.5) is 0 Å². The van der Waals surface area contributed by atoms with Crippen molar-refractivity contribution in [1.82, 2.24) is 5.43 Å². The fraction of sp³-hybridized carbons (Fsp3) is 0.0769. The summed E-state index contributed by atoms with van der Waals surface area (Å²) in [5.41, 5.74) is 6.35. The molecule has 0 heterocycles. The van der Waals surface area contributed by atoms with Crippen molar-refractivity contribution in [2.75, 3.05) is 6.61 Å². The highest BCUT2D eigenvalue weighted by Gasteiger charge is 2.02. The van der Waals surface area contributed by atoms with Crippen molar-refractivity contribution in [2.45, 2.75) is 6.92 Å². The highest BCUT2D eigenvalue weighted by Crippen LogP contribution is 2.12. The summed E-state index contributed by atoms with van der Waals surface area (Å²) in [6.07, 6.45) is 7.61. The molecule has 0 saturated heterocycles. The minimum Gasteiger partial charge on any atom is -0.484 e. The molecular weight excluding hydrogens is 372 g/mol. The number of nitrogens with one attached hydrogen (secondary N) is 1. The van der Waals surface area contributed by atoms with Gasteiger partial charge in [-0.1, -0.05) is 84.9 Å². The minimum absolute atomic E-state index is 0.106. The second kappa shape index (κ2) is 11.2. The summed E-state index contributed by atoms with van der Waals surface area (Å²) in [5.74, 6) is 0.331. The summed E-state index contributed by atoms with van der Waals surface area (Å²) in [5, 5.41) is 4.25. The Morgan fingerprint density at radius 2 is 1.47 bits per heavy atom. The van der Waals surface area contributed by atoms with E-state index in [1.54, 1.807) is 0 Å². The monoisotopic (exact) mass is 396 g/mol. The molecule has 0 unspecified atom stereocenters. The van der Waals surface area contributed by atoms with Gasteiger partial charge in [0.15, 0.2) is 6.61 Å². The Hall–Kier alpha value is -3.92. The molecule has 3 aromatic carbocycles. The number of carbonyl (C=O) groups excluding carboxylic acids is 1. The number of ether oxygens (including phenoxy) is 1. The van der Waals surface area contributed by atoms with Gasteiger partial charge >= 0.3 is 0 Å². The highest BCUT2D eigenvalue weighted by molar-refractivity contribution is 6.08. The van der Waals surface area contributed by atoms with E-state index in [9.17, 15) is 4.79 Å². The Balaban J connectivity index is 1.66. The molecule has 0 aromatic heterocycles. The van der Waals surface area contributed by atoms with Crippen molar-refractivity contribution in [1.29, 1.82) is 0 Å². The number of benzene rings is 3. The van der Waals surface area contributed by atoms with Gasteiger partial charge in [0, 0.05) is 0 Å². The molecule has 1 N–H and O–H groups in total. The molecule has 30 heavy (non-hydrogen) atoms. The summed E-state index contributed by atoms with van der Waals surface area (Å²) in [6.45, 7) is 1.87. The van der Waals surface area contributed by atoms with E-state index >= 15 is 0 Å². The van der Waals surface area contributed by atoms with E-state index in [4.69, 9.17) is 4.74 Å². The summed E-state index contributed by atoms with van der Waals surface area (Å²) >= 11 is 0. The Kier molecular flexibility index (Phi) is 7.75. The van der Waals surface area contributed by atoms with Crippen molar-refractivity contribution in [3.63, 3.8) is 0 Å². The zero-order chi connectivity index (χ0) is 21.0. The number of allylic oxidation sites excluding steroid dienone is 2. The van der Waals surface area contributed by atoms with Crippen molar-refractivity contribution < 1.29 is 9.53 Å². The molecule has 0 bridgehead atoms. The Morgan fingerprint density at radius 3 is 2.03 bits per heavy atom. The first kappa shape index (κ1) is 20.8. The standard InChI is InChI=1S/C26H24N2O2/c1-21-9-8-14-25(19-21)30-20-26(29)28-27-24(17-15-22-10-4-2-5-11-22)18-16-23-12-6-3-7-13-23/h2-19H,20H2,1H3,(H,28,29)/b17-15+,18-16+. The van der Waals surface area contributed by atoms with E-state index in [-0.39, 0.29) is 12.5 Å². The maximum absolute atomic E-state index is 12.2. The third kappa shape index (κ3) is 7.24. The van der Waals surface area contributed by atoms with E-state index in [0.717, 1.165) is 16.7 Å². The van der Waals surface area contributed by atoms with E-state index in [2.05, 4.69) is 10.5 Å². The van der Waals surface area contributed by atoms with Gasteiger partial charge in [-0.2, -0.15) is 5.10 Å². The van der Waals surface area contributed by atoms with E-state index in [1.807, 2.05) is 116 Å². The Morgan fingerprint density at radius 1 is 0.867 bits per heavy atom. The van der Waals surface area contributed by atoms with Crippen molar-refractivity contribution in [3.05, 3.63) is 114 Å². The summed E-state index contributed by atoms with van der Waals surface area (Å²) in [4.78, 5) is 12.2. The van der Waals surface area contributed by atoms with Crippen molar-refractivity contribution in [2.24, 2.45) is 5.10 Å². The van der Waals surface area contributed by atoms with Gasteiger partial charge < -0.3 is 4.74 Å². The third-order valence-corrected chi connectivity index (χ3v) is 4.16. The zero-order valence-electron chi connectivity index (χ0n) is 16.9.